The lowest BCUT2D eigenvalue weighted by atomic mass is 10.2. The summed E-state index contributed by atoms with van der Waals surface area (Å²) in [6.07, 6.45) is 3.72. The Hall–Kier alpha value is -1.75. The zero-order valence-electron chi connectivity index (χ0n) is 12.8. The molecule has 0 bridgehead atoms. The monoisotopic (exact) mass is 290 g/mol. The Labute approximate surface area is 125 Å². The van der Waals surface area contributed by atoms with E-state index in [0.717, 1.165) is 49.9 Å². The van der Waals surface area contributed by atoms with Gasteiger partial charge in [0.1, 0.15) is 18.0 Å². The number of unbranched alkanes of at least 4 members (excludes halogenated alkanes) is 1. The molecule has 0 aliphatic carbocycles. The van der Waals surface area contributed by atoms with Gasteiger partial charge in [-0.15, -0.1) is 0 Å². The normalized spacial score (nSPS) is 11.2. The molecule has 21 heavy (non-hydrogen) atoms. The minimum Gasteiger partial charge on any atom is -0.369 e. The van der Waals surface area contributed by atoms with Crippen LogP contribution < -0.4 is 5.32 Å². The smallest absolute Gasteiger partial charge is 0.137 e. The molecular formula is C16H23FN4. The first-order valence-corrected chi connectivity index (χ1v) is 7.61. The highest BCUT2D eigenvalue weighted by molar-refractivity contribution is 5.88. The molecule has 2 aromatic rings. The molecule has 0 radical (unpaired) electrons. The van der Waals surface area contributed by atoms with E-state index in [9.17, 15) is 4.39 Å². The van der Waals surface area contributed by atoms with Crippen molar-refractivity contribution in [3.63, 3.8) is 0 Å². The van der Waals surface area contributed by atoms with Gasteiger partial charge >= 0.3 is 0 Å². The number of halogens is 1. The topological polar surface area (TPSA) is 41.0 Å². The summed E-state index contributed by atoms with van der Waals surface area (Å²) in [6.45, 7) is 8.52. The molecular weight excluding hydrogens is 267 g/mol. The van der Waals surface area contributed by atoms with Crippen LogP contribution in [0.2, 0.25) is 0 Å². The van der Waals surface area contributed by atoms with E-state index >= 15 is 0 Å². The Kier molecular flexibility index (Phi) is 5.87. The maximum absolute atomic E-state index is 13.3. The number of nitrogens with one attached hydrogen (secondary N) is 1. The third kappa shape index (κ3) is 4.36. The third-order valence-electron chi connectivity index (χ3n) is 3.69. The molecule has 0 fully saturated rings. The largest absolute Gasteiger partial charge is 0.369 e. The van der Waals surface area contributed by atoms with Crippen LogP contribution in [0.25, 0.3) is 10.9 Å². The van der Waals surface area contributed by atoms with Gasteiger partial charge in [0.05, 0.1) is 5.52 Å². The average molecular weight is 290 g/mol. The molecule has 5 heteroatoms. The molecule has 0 spiro atoms. The van der Waals surface area contributed by atoms with E-state index in [1.807, 2.05) is 0 Å². The summed E-state index contributed by atoms with van der Waals surface area (Å²) >= 11 is 0. The Morgan fingerprint density at radius 2 is 1.95 bits per heavy atom. The highest BCUT2D eigenvalue weighted by Gasteiger charge is 2.04. The first-order chi connectivity index (χ1) is 10.2. The van der Waals surface area contributed by atoms with Crippen LogP contribution in [0.5, 0.6) is 0 Å². The highest BCUT2D eigenvalue weighted by atomic mass is 19.1. The molecule has 0 unspecified atom stereocenters. The Balaban J connectivity index is 1.87. The third-order valence-corrected chi connectivity index (χ3v) is 3.69. The molecule has 4 nitrogen and oxygen atoms in total. The van der Waals surface area contributed by atoms with Crippen LogP contribution in [0, 0.1) is 5.82 Å². The summed E-state index contributed by atoms with van der Waals surface area (Å²) in [5.41, 5.74) is 0.761. The van der Waals surface area contributed by atoms with E-state index in [0.29, 0.717) is 5.82 Å². The minimum atomic E-state index is -0.262. The molecule has 1 heterocycles. The molecule has 0 saturated heterocycles. The van der Waals surface area contributed by atoms with E-state index in [2.05, 4.69) is 34.0 Å². The number of aromatic nitrogens is 2. The van der Waals surface area contributed by atoms with E-state index in [1.54, 1.807) is 6.07 Å². The van der Waals surface area contributed by atoms with Crippen molar-refractivity contribution in [2.45, 2.75) is 26.7 Å². The maximum atomic E-state index is 13.3. The van der Waals surface area contributed by atoms with Crippen LogP contribution >= 0.6 is 0 Å². The molecule has 114 valence electrons. The van der Waals surface area contributed by atoms with Gasteiger partial charge in [-0.1, -0.05) is 13.8 Å². The fraction of sp³-hybridized carbons (Fsp3) is 0.500. The number of anilines is 1. The quantitative estimate of drug-likeness (QED) is 0.757. The highest BCUT2D eigenvalue weighted by Crippen LogP contribution is 2.19. The van der Waals surface area contributed by atoms with Gasteiger partial charge in [0, 0.05) is 11.9 Å². The average Bonchev–Trinajstić information content (AvgIpc) is 2.51. The first-order valence-electron chi connectivity index (χ1n) is 7.61. The molecule has 0 atom stereocenters. The molecule has 0 saturated carbocycles. The zero-order valence-corrected chi connectivity index (χ0v) is 12.8. The maximum Gasteiger partial charge on any atom is 0.137 e. The van der Waals surface area contributed by atoms with Gasteiger partial charge in [-0.2, -0.15) is 0 Å². The van der Waals surface area contributed by atoms with Gasteiger partial charge in [0.2, 0.25) is 0 Å². The molecule has 1 aromatic carbocycles. The van der Waals surface area contributed by atoms with Gasteiger partial charge in [-0.25, -0.2) is 14.4 Å². The van der Waals surface area contributed by atoms with Crippen molar-refractivity contribution < 1.29 is 4.39 Å². The van der Waals surface area contributed by atoms with Crippen LogP contribution in [-0.4, -0.2) is 41.0 Å². The van der Waals surface area contributed by atoms with Gasteiger partial charge < -0.3 is 10.2 Å². The number of rotatable bonds is 8. The van der Waals surface area contributed by atoms with E-state index in [1.165, 1.54) is 18.5 Å². The van der Waals surface area contributed by atoms with Gasteiger partial charge in [0.15, 0.2) is 0 Å². The fourth-order valence-corrected chi connectivity index (χ4v) is 2.38. The van der Waals surface area contributed by atoms with E-state index in [-0.39, 0.29) is 5.82 Å². The second-order valence-electron chi connectivity index (χ2n) is 5.04. The second kappa shape index (κ2) is 7.88. The fourth-order valence-electron chi connectivity index (χ4n) is 2.38. The summed E-state index contributed by atoms with van der Waals surface area (Å²) < 4.78 is 13.3. The van der Waals surface area contributed by atoms with E-state index < -0.39 is 0 Å². The summed E-state index contributed by atoms with van der Waals surface area (Å²) in [5, 5.41) is 4.03. The van der Waals surface area contributed by atoms with Crippen molar-refractivity contribution >= 4 is 16.7 Å². The number of hydrogen-bond acceptors (Lipinski definition) is 4. The number of benzene rings is 1. The molecule has 0 aliphatic heterocycles. The molecule has 0 aliphatic rings. The van der Waals surface area contributed by atoms with Crippen LogP contribution in [0.3, 0.4) is 0 Å². The van der Waals surface area contributed by atoms with Crippen molar-refractivity contribution in [3.05, 3.63) is 30.3 Å². The molecule has 0 amide bonds. The van der Waals surface area contributed by atoms with Gasteiger partial charge in [-0.3, -0.25) is 0 Å². The second-order valence-corrected chi connectivity index (χ2v) is 5.04. The van der Waals surface area contributed by atoms with Crippen LogP contribution in [-0.2, 0) is 0 Å². The first kappa shape index (κ1) is 15.6. The van der Waals surface area contributed by atoms with Crippen LogP contribution in [0.4, 0.5) is 10.2 Å². The number of nitrogens with zero attached hydrogens (tertiary/aromatic N) is 3. The molecule has 2 rings (SSSR count). The number of hydrogen-bond donors (Lipinski definition) is 1. The SMILES string of the molecule is CCN(CC)CCCCNc1ncnc2ccc(F)cc12. The Morgan fingerprint density at radius 1 is 1.14 bits per heavy atom. The van der Waals surface area contributed by atoms with Crippen molar-refractivity contribution in [2.24, 2.45) is 0 Å². The van der Waals surface area contributed by atoms with Crippen LogP contribution in [0.1, 0.15) is 26.7 Å². The molecule has 1 N–H and O–H groups in total. The minimum absolute atomic E-state index is 0.262. The molecule has 1 aromatic heterocycles. The summed E-state index contributed by atoms with van der Waals surface area (Å²) in [7, 11) is 0. The summed E-state index contributed by atoms with van der Waals surface area (Å²) in [5.74, 6) is 0.448. The predicted molar refractivity (Wildman–Crippen MR) is 85.0 cm³/mol. The lowest BCUT2D eigenvalue weighted by Crippen LogP contribution is -2.24. The lowest BCUT2D eigenvalue weighted by Gasteiger charge is -2.17. The predicted octanol–water partition coefficient (Wildman–Crippen LogP) is 3.30. The van der Waals surface area contributed by atoms with Crippen molar-refractivity contribution in [1.29, 1.82) is 0 Å². The van der Waals surface area contributed by atoms with E-state index in [4.69, 9.17) is 0 Å². The number of fused-ring (bicyclic) bond motifs is 1. The standard InChI is InChI=1S/C16H23FN4/c1-3-21(4-2)10-6-5-9-18-16-14-11-13(17)7-8-15(14)19-12-20-16/h7-8,11-12H,3-6,9-10H2,1-2H3,(H,18,19,20). The van der Waals surface area contributed by atoms with Gasteiger partial charge in [0.25, 0.3) is 0 Å². The zero-order chi connectivity index (χ0) is 15.1. The van der Waals surface area contributed by atoms with Crippen molar-refractivity contribution in [2.75, 3.05) is 31.5 Å². The summed E-state index contributed by atoms with van der Waals surface area (Å²) in [4.78, 5) is 10.8. The van der Waals surface area contributed by atoms with Crippen molar-refractivity contribution in [1.82, 2.24) is 14.9 Å². The van der Waals surface area contributed by atoms with Gasteiger partial charge in [-0.05, 0) is 50.7 Å². The van der Waals surface area contributed by atoms with Crippen LogP contribution in [0.15, 0.2) is 24.5 Å². The summed E-state index contributed by atoms with van der Waals surface area (Å²) in [6, 6.07) is 4.58. The Bertz CT molecular complexity index is 569. The lowest BCUT2D eigenvalue weighted by molar-refractivity contribution is 0.298. The Morgan fingerprint density at radius 3 is 2.71 bits per heavy atom. The van der Waals surface area contributed by atoms with Crippen molar-refractivity contribution in [3.8, 4) is 0 Å².